The van der Waals surface area contributed by atoms with Crippen molar-refractivity contribution in [1.29, 1.82) is 0 Å². The van der Waals surface area contributed by atoms with Gasteiger partial charge in [0.1, 0.15) is 23.0 Å². The van der Waals surface area contributed by atoms with Gasteiger partial charge in [0.2, 0.25) is 6.79 Å². The number of carbonyl (C=O) groups is 4. The van der Waals surface area contributed by atoms with Crippen LogP contribution in [0, 0.1) is 0 Å². The molecule has 6 aromatic rings. The quantitative estimate of drug-likeness (QED) is 0.0989. The molecule has 6 aromatic carbocycles. The second-order valence-electron chi connectivity index (χ2n) is 20.0. The highest BCUT2D eigenvalue weighted by Gasteiger charge is 2.49. The average Bonchev–Trinajstić information content (AvgIpc) is 3.45. The number of benzene rings is 6. The van der Waals surface area contributed by atoms with Crippen molar-refractivity contribution in [2.75, 3.05) is 6.79 Å². The molecule has 0 spiro atoms. The number of allylic oxidation sites excluding steroid dienone is 4. The lowest BCUT2D eigenvalue weighted by Gasteiger charge is -2.42. The van der Waals surface area contributed by atoms with Gasteiger partial charge in [-0.3, -0.25) is 19.2 Å². The largest absolute Gasteiger partial charge is 0.542 e. The molecule has 1 aliphatic heterocycles. The molecule has 0 fully saturated rings. The number of hydrogen-bond acceptors (Lipinski definition) is 8. The first-order valence-corrected chi connectivity index (χ1v) is 27.4. The molecule has 10 heteroatoms. The van der Waals surface area contributed by atoms with E-state index in [0.717, 1.165) is 43.4 Å². The molecule has 0 N–H and O–H groups in total. The van der Waals surface area contributed by atoms with E-state index in [-0.39, 0.29) is 63.2 Å². The fourth-order valence-electron chi connectivity index (χ4n) is 12.3. The van der Waals surface area contributed by atoms with Gasteiger partial charge in [0.15, 0.2) is 23.1 Å². The Hall–Kier alpha value is -5.85. The summed E-state index contributed by atoms with van der Waals surface area (Å²) in [5.74, 6) is 1.41. The molecule has 9 rings (SSSR count). The molecule has 334 valence electrons. The topological polar surface area (TPSA) is 105 Å². The molecule has 0 aromatic heterocycles. The summed E-state index contributed by atoms with van der Waals surface area (Å²) in [6, 6.07) is 19.5. The van der Waals surface area contributed by atoms with Crippen molar-refractivity contribution >= 4 is 82.9 Å². The Morgan fingerprint density at radius 1 is 0.400 bits per heavy atom. The maximum atomic E-state index is 14.1. The van der Waals surface area contributed by atoms with Gasteiger partial charge < -0.3 is 18.3 Å². The standard InChI is InChI=1S/C55H58O8Si2/c1-28(2)64(29(3)4,30(5)6)62-48-25-40-42(56)19-21-44(58)52(40)50-34-17-23-46-54(36(34)13-15-38(48)50)55-37-14-16-39-49(63-65(31(7)8,32(9)10)33(11)12)26-41-43(57)20-22-45(59)53(41)51(39)35(37)18-24-47(55)61-27-60-46/h13-26,28-33H,27H2,1-12H3. The van der Waals surface area contributed by atoms with Crippen LogP contribution in [0.15, 0.2) is 85.0 Å². The fraction of sp³-hybridized carbons (Fsp3) is 0.345. The summed E-state index contributed by atoms with van der Waals surface area (Å²) in [4.78, 5) is 55.7. The monoisotopic (exact) mass is 902 g/mol. The first kappa shape index (κ1) is 44.4. The van der Waals surface area contributed by atoms with Gasteiger partial charge in [-0.2, -0.15) is 0 Å². The van der Waals surface area contributed by atoms with Gasteiger partial charge in [-0.25, -0.2) is 0 Å². The summed E-state index contributed by atoms with van der Waals surface area (Å²) < 4.78 is 27.5. The summed E-state index contributed by atoms with van der Waals surface area (Å²) in [5, 5.41) is 5.93. The van der Waals surface area contributed by atoms with E-state index in [4.69, 9.17) is 18.3 Å². The van der Waals surface area contributed by atoms with Gasteiger partial charge in [-0.05, 0) is 115 Å². The molecule has 0 saturated carbocycles. The highest BCUT2D eigenvalue weighted by molar-refractivity contribution is 6.79. The van der Waals surface area contributed by atoms with Crippen LogP contribution >= 0.6 is 0 Å². The van der Waals surface area contributed by atoms with Crippen molar-refractivity contribution in [2.45, 2.75) is 116 Å². The van der Waals surface area contributed by atoms with E-state index in [9.17, 15) is 19.2 Å². The number of hydrogen-bond donors (Lipinski definition) is 0. The number of ketones is 4. The summed E-state index contributed by atoms with van der Waals surface area (Å²) in [7, 11) is -5.06. The molecular formula is C55H58O8Si2. The molecule has 0 bridgehead atoms. The summed E-state index contributed by atoms with van der Waals surface area (Å²) in [5.41, 5.74) is 4.45. The van der Waals surface area contributed by atoms with E-state index in [0.29, 0.717) is 56.0 Å². The van der Waals surface area contributed by atoms with Crippen molar-refractivity contribution in [1.82, 2.24) is 0 Å². The number of fused-ring (bicyclic) bond motifs is 15. The maximum Gasteiger partial charge on any atom is 0.258 e. The SMILES string of the molecule is CC(C)[Si](Oc1cc2c(c3c1ccc1c4c(ccc13)OCOc1ccc3c(ccc5c(O[Si](C(C)C)(C(C)C)C(C)C)cc6c(c53)C(=O)C=CC6=O)c1-4)C(=O)C=CC2=O)(C(C)C)C(C)C. The molecule has 0 amide bonds. The van der Waals surface area contributed by atoms with Crippen molar-refractivity contribution < 1.29 is 37.5 Å². The molecule has 0 saturated heterocycles. The van der Waals surface area contributed by atoms with Gasteiger partial charge in [-0.1, -0.05) is 107 Å². The second-order valence-corrected chi connectivity index (χ2v) is 30.8. The number of carbonyl (C=O) groups excluding carboxylic acids is 4. The maximum absolute atomic E-state index is 14.1. The first-order valence-electron chi connectivity index (χ1n) is 23.1. The zero-order chi connectivity index (χ0) is 46.6. The molecule has 0 unspecified atom stereocenters. The second kappa shape index (κ2) is 15.9. The Kier molecular flexibility index (Phi) is 10.9. The summed E-state index contributed by atoms with van der Waals surface area (Å²) in [6.45, 7) is 26.7. The smallest absolute Gasteiger partial charge is 0.258 e. The van der Waals surface area contributed by atoms with Crippen LogP contribution in [0.4, 0.5) is 0 Å². The van der Waals surface area contributed by atoms with Crippen LogP contribution in [-0.4, -0.2) is 46.6 Å². The first-order chi connectivity index (χ1) is 30.8. The van der Waals surface area contributed by atoms with E-state index < -0.39 is 16.6 Å². The number of ether oxygens (including phenoxy) is 2. The van der Waals surface area contributed by atoms with Crippen LogP contribution in [0.2, 0.25) is 33.2 Å². The lowest BCUT2D eigenvalue weighted by atomic mass is 9.83. The van der Waals surface area contributed by atoms with Crippen LogP contribution in [0.5, 0.6) is 23.0 Å². The normalized spacial score (nSPS) is 15.2. The van der Waals surface area contributed by atoms with Gasteiger partial charge in [0.25, 0.3) is 16.6 Å². The van der Waals surface area contributed by atoms with Crippen molar-refractivity contribution in [3.63, 3.8) is 0 Å². The van der Waals surface area contributed by atoms with Crippen LogP contribution in [0.25, 0.3) is 54.2 Å². The summed E-state index contributed by atoms with van der Waals surface area (Å²) >= 11 is 0. The molecule has 0 radical (unpaired) electrons. The van der Waals surface area contributed by atoms with Crippen molar-refractivity contribution in [3.8, 4) is 34.1 Å². The average molecular weight is 903 g/mol. The van der Waals surface area contributed by atoms with Crippen molar-refractivity contribution in [3.05, 3.63) is 107 Å². The minimum absolute atomic E-state index is 0.0485. The third-order valence-corrected chi connectivity index (χ3v) is 26.9. The van der Waals surface area contributed by atoms with Gasteiger partial charge in [0.05, 0.1) is 0 Å². The molecule has 65 heavy (non-hydrogen) atoms. The predicted octanol–water partition coefficient (Wildman–Crippen LogP) is 14.7. The Labute approximate surface area is 383 Å². The highest BCUT2D eigenvalue weighted by atomic mass is 28.4. The zero-order valence-electron chi connectivity index (χ0n) is 39.5. The van der Waals surface area contributed by atoms with Crippen LogP contribution in [-0.2, 0) is 0 Å². The molecule has 8 nitrogen and oxygen atoms in total. The lowest BCUT2D eigenvalue weighted by molar-refractivity contribution is 0.0995. The molecule has 1 heterocycles. The summed E-state index contributed by atoms with van der Waals surface area (Å²) in [6.07, 6.45) is 5.44. The van der Waals surface area contributed by atoms with Gasteiger partial charge in [0, 0.05) is 54.9 Å². The molecule has 3 aliphatic rings. The Balaban J connectivity index is 1.38. The zero-order valence-corrected chi connectivity index (χ0v) is 41.5. The molecule has 0 atom stereocenters. The van der Waals surface area contributed by atoms with Gasteiger partial charge in [-0.15, -0.1) is 0 Å². The Morgan fingerprint density at radius 3 is 1.05 bits per heavy atom. The van der Waals surface area contributed by atoms with Crippen molar-refractivity contribution in [2.24, 2.45) is 0 Å². The molecule has 2 aliphatic carbocycles. The third kappa shape index (κ3) is 6.49. The van der Waals surface area contributed by atoms with Crippen LogP contribution in [0.3, 0.4) is 0 Å². The predicted molar refractivity (Wildman–Crippen MR) is 267 cm³/mol. The van der Waals surface area contributed by atoms with Crippen LogP contribution < -0.4 is 18.3 Å². The van der Waals surface area contributed by atoms with E-state index in [1.54, 1.807) is 12.1 Å². The third-order valence-electron chi connectivity index (χ3n) is 14.9. The van der Waals surface area contributed by atoms with Gasteiger partial charge >= 0.3 is 0 Å². The van der Waals surface area contributed by atoms with E-state index in [1.807, 2.05) is 36.4 Å². The van der Waals surface area contributed by atoms with E-state index in [2.05, 4.69) is 95.2 Å². The van der Waals surface area contributed by atoms with Crippen LogP contribution in [0.1, 0.15) is 125 Å². The highest BCUT2D eigenvalue weighted by Crippen LogP contribution is 2.53. The Morgan fingerprint density at radius 2 is 0.708 bits per heavy atom. The minimum atomic E-state index is -2.53. The Bertz CT molecular complexity index is 2880. The molecular weight excluding hydrogens is 845 g/mol. The van der Waals surface area contributed by atoms with E-state index in [1.165, 1.54) is 24.3 Å². The fourth-order valence-corrected chi connectivity index (χ4v) is 22.8. The minimum Gasteiger partial charge on any atom is -0.542 e. The lowest BCUT2D eigenvalue weighted by Crippen LogP contribution is -2.50. The number of rotatable bonds is 10. The van der Waals surface area contributed by atoms with E-state index >= 15 is 0 Å².